The third kappa shape index (κ3) is 2.29. The maximum absolute atomic E-state index is 3.65. The lowest BCUT2D eigenvalue weighted by Gasteiger charge is -2.37. The average molecular weight is 192 g/mol. The van der Waals surface area contributed by atoms with Crippen molar-refractivity contribution in [3.63, 3.8) is 0 Å². The summed E-state index contributed by atoms with van der Waals surface area (Å²) in [5.74, 6) is 7.12. The quantitative estimate of drug-likeness (QED) is 0.659. The molecule has 0 aromatic heterocycles. The fourth-order valence-corrected chi connectivity index (χ4v) is 2.16. The van der Waals surface area contributed by atoms with Crippen LogP contribution in [-0.2, 0) is 0 Å². The monoisotopic (exact) mass is 192 g/mol. The molecule has 2 unspecified atom stereocenters. The van der Waals surface area contributed by atoms with E-state index in [4.69, 9.17) is 0 Å². The topological polar surface area (TPSA) is 15.3 Å². The molecule has 2 atom stereocenters. The maximum atomic E-state index is 3.65. The lowest BCUT2D eigenvalue weighted by atomic mass is 10.1. The van der Waals surface area contributed by atoms with E-state index in [2.05, 4.69) is 29.0 Å². The van der Waals surface area contributed by atoms with Gasteiger partial charge in [-0.15, -0.1) is 5.92 Å². The molecule has 1 N–H and O–H groups in total. The van der Waals surface area contributed by atoms with E-state index in [9.17, 15) is 0 Å². The first-order valence-corrected chi connectivity index (χ1v) is 5.68. The largest absolute Gasteiger partial charge is 0.311 e. The van der Waals surface area contributed by atoms with Crippen molar-refractivity contribution in [3.05, 3.63) is 0 Å². The summed E-state index contributed by atoms with van der Waals surface area (Å²) in [5.41, 5.74) is 0. The zero-order valence-corrected chi connectivity index (χ0v) is 9.21. The van der Waals surface area contributed by atoms with Gasteiger partial charge in [0, 0.05) is 25.2 Å². The van der Waals surface area contributed by atoms with Gasteiger partial charge in [0.2, 0.25) is 0 Å². The van der Waals surface area contributed by atoms with Crippen molar-refractivity contribution in [1.29, 1.82) is 0 Å². The molecule has 78 valence electrons. The smallest absolute Gasteiger partial charge is 0.0604 e. The molecule has 1 aliphatic heterocycles. The van der Waals surface area contributed by atoms with Crippen molar-refractivity contribution in [3.8, 4) is 11.8 Å². The summed E-state index contributed by atoms with van der Waals surface area (Å²) in [6, 6.07) is 1.38. The number of nitrogens with zero attached hydrogens (tertiary/aromatic N) is 1. The van der Waals surface area contributed by atoms with Crippen molar-refractivity contribution in [2.45, 2.75) is 38.8 Å². The van der Waals surface area contributed by atoms with Gasteiger partial charge < -0.3 is 5.32 Å². The Balaban J connectivity index is 1.87. The molecule has 1 heterocycles. The molecule has 2 nitrogen and oxygen atoms in total. The highest BCUT2D eigenvalue weighted by Gasteiger charge is 2.35. The molecule has 0 bridgehead atoms. The molecule has 2 fully saturated rings. The molecular formula is C12H20N2. The summed E-state index contributed by atoms with van der Waals surface area (Å²) < 4.78 is 0. The van der Waals surface area contributed by atoms with Crippen LogP contribution in [-0.4, -0.2) is 36.6 Å². The molecule has 2 rings (SSSR count). The lowest BCUT2D eigenvalue weighted by Crippen LogP contribution is -2.56. The van der Waals surface area contributed by atoms with Gasteiger partial charge in [0.25, 0.3) is 0 Å². The summed E-state index contributed by atoms with van der Waals surface area (Å²) in [7, 11) is 0. The Morgan fingerprint density at radius 1 is 1.43 bits per heavy atom. The molecule has 2 heteroatoms. The standard InChI is InChI=1S/C12H20N2/c1-3-4-7-14-9-12(11-5-6-11)13-8-10(14)2/h10-13H,5-9H2,1-2H3. The van der Waals surface area contributed by atoms with Crippen LogP contribution in [0.25, 0.3) is 0 Å². The Labute approximate surface area is 87.1 Å². The number of rotatable bonds is 2. The van der Waals surface area contributed by atoms with Crippen molar-refractivity contribution < 1.29 is 0 Å². The summed E-state index contributed by atoms with van der Waals surface area (Å²) in [6.45, 7) is 7.48. The van der Waals surface area contributed by atoms with E-state index in [1.807, 2.05) is 6.92 Å². The SMILES string of the molecule is CC#CCN1CC(C2CC2)NCC1C. The predicted octanol–water partition coefficient (Wildman–Crippen LogP) is 1.08. The van der Waals surface area contributed by atoms with E-state index < -0.39 is 0 Å². The van der Waals surface area contributed by atoms with Gasteiger partial charge in [-0.1, -0.05) is 5.92 Å². The summed E-state index contributed by atoms with van der Waals surface area (Å²) in [4.78, 5) is 2.51. The van der Waals surface area contributed by atoms with Gasteiger partial charge in [0.1, 0.15) is 0 Å². The van der Waals surface area contributed by atoms with Crippen LogP contribution in [0.4, 0.5) is 0 Å². The van der Waals surface area contributed by atoms with Crippen LogP contribution < -0.4 is 5.32 Å². The van der Waals surface area contributed by atoms with Gasteiger partial charge in [-0.3, -0.25) is 4.90 Å². The van der Waals surface area contributed by atoms with Crippen LogP contribution in [0.15, 0.2) is 0 Å². The first kappa shape index (κ1) is 10.0. The number of nitrogens with one attached hydrogen (secondary N) is 1. The van der Waals surface area contributed by atoms with Gasteiger partial charge >= 0.3 is 0 Å². The van der Waals surface area contributed by atoms with Crippen molar-refractivity contribution in [2.24, 2.45) is 5.92 Å². The van der Waals surface area contributed by atoms with E-state index >= 15 is 0 Å². The fourth-order valence-electron chi connectivity index (χ4n) is 2.16. The number of hydrogen-bond donors (Lipinski definition) is 1. The number of piperazine rings is 1. The molecule has 1 saturated heterocycles. The third-order valence-electron chi connectivity index (χ3n) is 3.38. The molecular weight excluding hydrogens is 172 g/mol. The molecule has 1 aliphatic carbocycles. The van der Waals surface area contributed by atoms with Crippen LogP contribution in [0.5, 0.6) is 0 Å². The van der Waals surface area contributed by atoms with E-state index in [1.165, 1.54) is 19.4 Å². The molecule has 14 heavy (non-hydrogen) atoms. The highest BCUT2D eigenvalue weighted by atomic mass is 15.2. The van der Waals surface area contributed by atoms with E-state index in [-0.39, 0.29) is 0 Å². The number of hydrogen-bond acceptors (Lipinski definition) is 2. The second kappa shape index (κ2) is 4.33. The Hall–Kier alpha value is -0.520. The molecule has 0 spiro atoms. The first-order chi connectivity index (χ1) is 6.81. The zero-order valence-electron chi connectivity index (χ0n) is 9.21. The van der Waals surface area contributed by atoms with E-state index in [0.717, 1.165) is 25.0 Å². The fraction of sp³-hybridized carbons (Fsp3) is 0.833. The Bertz CT molecular complexity index is 247. The summed E-state index contributed by atoms with van der Waals surface area (Å²) >= 11 is 0. The van der Waals surface area contributed by atoms with Gasteiger partial charge in [-0.05, 0) is 32.6 Å². The van der Waals surface area contributed by atoms with Gasteiger partial charge in [0.15, 0.2) is 0 Å². The van der Waals surface area contributed by atoms with Crippen molar-refractivity contribution in [2.75, 3.05) is 19.6 Å². The normalized spacial score (nSPS) is 33.6. The van der Waals surface area contributed by atoms with Gasteiger partial charge in [-0.25, -0.2) is 0 Å². The second-order valence-electron chi connectivity index (χ2n) is 4.56. The van der Waals surface area contributed by atoms with E-state index in [0.29, 0.717) is 6.04 Å². The molecule has 0 radical (unpaired) electrons. The maximum Gasteiger partial charge on any atom is 0.0604 e. The predicted molar refractivity (Wildman–Crippen MR) is 59.0 cm³/mol. The Morgan fingerprint density at radius 2 is 2.21 bits per heavy atom. The molecule has 1 saturated carbocycles. The summed E-state index contributed by atoms with van der Waals surface area (Å²) in [6.07, 6.45) is 2.86. The minimum Gasteiger partial charge on any atom is -0.311 e. The highest BCUT2D eigenvalue weighted by molar-refractivity contribution is 5.01. The first-order valence-electron chi connectivity index (χ1n) is 5.68. The molecule has 0 aromatic carbocycles. The van der Waals surface area contributed by atoms with Crippen LogP contribution in [0.2, 0.25) is 0 Å². The van der Waals surface area contributed by atoms with Crippen molar-refractivity contribution in [1.82, 2.24) is 10.2 Å². The third-order valence-corrected chi connectivity index (χ3v) is 3.38. The van der Waals surface area contributed by atoms with Gasteiger partial charge in [-0.2, -0.15) is 0 Å². The van der Waals surface area contributed by atoms with Gasteiger partial charge in [0.05, 0.1) is 6.54 Å². The van der Waals surface area contributed by atoms with Crippen LogP contribution in [0, 0.1) is 17.8 Å². The highest BCUT2D eigenvalue weighted by Crippen LogP contribution is 2.34. The van der Waals surface area contributed by atoms with Crippen LogP contribution in [0.3, 0.4) is 0 Å². The average Bonchev–Trinajstić information content (AvgIpc) is 3.00. The minimum atomic E-state index is 0.644. The zero-order chi connectivity index (χ0) is 9.97. The molecule has 0 amide bonds. The summed E-state index contributed by atoms with van der Waals surface area (Å²) in [5, 5.41) is 3.65. The molecule has 2 aliphatic rings. The van der Waals surface area contributed by atoms with Crippen molar-refractivity contribution >= 4 is 0 Å². The second-order valence-corrected chi connectivity index (χ2v) is 4.56. The van der Waals surface area contributed by atoms with E-state index in [1.54, 1.807) is 0 Å². The molecule has 0 aromatic rings. The Morgan fingerprint density at radius 3 is 2.86 bits per heavy atom. The lowest BCUT2D eigenvalue weighted by molar-refractivity contribution is 0.150. The van der Waals surface area contributed by atoms with Crippen LogP contribution >= 0.6 is 0 Å². The van der Waals surface area contributed by atoms with Crippen LogP contribution in [0.1, 0.15) is 26.7 Å². The minimum absolute atomic E-state index is 0.644. The Kier molecular flexibility index (Phi) is 3.10.